The fraction of sp³-hybridized carbons (Fsp3) is 0.440. The highest BCUT2D eigenvalue weighted by molar-refractivity contribution is 6.21. The van der Waals surface area contributed by atoms with Crippen molar-refractivity contribution in [3.05, 3.63) is 45.3 Å². The molecule has 2 fully saturated rings. The maximum atomic E-state index is 16.2. The summed E-state index contributed by atoms with van der Waals surface area (Å²) in [5.41, 5.74) is 4.27. The molecule has 2 aliphatic heterocycles. The summed E-state index contributed by atoms with van der Waals surface area (Å²) >= 11 is 0. The molecule has 2 aromatic rings. The summed E-state index contributed by atoms with van der Waals surface area (Å²) in [4.78, 5) is 52.7. The second-order valence-corrected chi connectivity index (χ2v) is 9.42. The molecule has 1 aromatic heterocycles. The molecule has 12 heteroatoms. The molecule has 3 aliphatic rings. The van der Waals surface area contributed by atoms with Crippen molar-refractivity contribution in [3.63, 3.8) is 0 Å². The zero-order valence-corrected chi connectivity index (χ0v) is 20.3. The van der Waals surface area contributed by atoms with E-state index in [-0.39, 0.29) is 23.3 Å². The van der Waals surface area contributed by atoms with Crippen LogP contribution in [0.3, 0.4) is 0 Å². The number of ether oxygens (including phenoxy) is 2. The van der Waals surface area contributed by atoms with Crippen molar-refractivity contribution >= 4 is 40.0 Å². The Morgan fingerprint density at radius 2 is 1.81 bits per heavy atom. The molecule has 1 saturated carbocycles. The summed E-state index contributed by atoms with van der Waals surface area (Å²) in [6, 6.07) is -0.314. The number of pyridine rings is 1. The molecule has 3 N–H and O–H groups in total. The molecular weight excluding hydrogens is 490 g/mol. The second kappa shape index (κ2) is 9.25. The number of nitrogens with two attached hydrogens (primary N) is 1. The number of halogens is 2. The van der Waals surface area contributed by atoms with Crippen LogP contribution < -0.4 is 21.4 Å². The molecule has 10 nitrogen and oxygen atoms in total. The number of benzene rings is 1. The number of nitrogen functional groups attached to an aromatic ring is 1. The van der Waals surface area contributed by atoms with Crippen LogP contribution in [0.25, 0.3) is 10.9 Å². The number of hydrogen-bond acceptors (Lipinski definition) is 9. The third kappa shape index (κ3) is 3.95. The number of aromatic nitrogens is 1. The lowest BCUT2D eigenvalue weighted by Crippen LogP contribution is -2.37. The first-order valence-electron chi connectivity index (χ1n) is 11.9. The Morgan fingerprint density at radius 1 is 1.14 bits per heavy atom. The number of nitrogens with zero attached hydrogens (tertiary/aromatic N) is 2. The first kappa shape index (κ1) is 24.9. The largest absolute Gasteiger partial charge is 0.468 e. The lowest BCUT2D eigenvalue weighted by Gasteiger charge is -2.24. The Balaban J connectivity index is 1.71. The van der Waals surface area contributed by atoms with Crippen LogP contribution in [0.5, 0.6) is 0 Å². The van der Waals surface area contributed by atoms with Crippen LogP contribution in [-0.2, 0) is 19.1 Å². The first-order chi connectivity index (χ1) is 17.7. The maximum absolute atomic E-state index is 16.2. The van der Waals surface area contributed by atoms with Gasteiger partial charge in [0, 0.05) is 31.4 Å². The van der Waals surface area contributed by atoms with Gasteiger partial charge in [0.15, 0.2) is 17.4 Å². The van der Waals surface area contributed by atoms with E-state index >= 15 is 8.78 Å². The van der Waals surface area contributed by atoms with Gasteiger partial charge in [-0.2, -0.15) is 0 Å². The zero-order chi connectivity index (χ0) is 26.6. The van der Waals surface area contributed by atoms with Gasteiger partial charge in [0.05, 0.1) is 36.4 Å². The Kier molecular flexibility index (Phi) is 6.22. The van der Waals surface area contributed by atoms with Gasteiger partial charge in [0.2, 0.25) is 11.3 Å². The summed E-state index contributed by atoms with van der Waals surface area (Å²) in [5, 5.41) is 2.81. The van der Waals surface area contributed by atoms with Gasteiger partial charge in [-0.3, -0.25) is 19.2 Å². The molecule has 0 amide bonds. The summed E-state index contributed by atoms with van der Waals surface area (Å²) < 4.78 is 42.3. The molecular formula is C25H26F2N4O6. The summed E-state index contributed by atoms with van der Waals surface area (Å²) in [5.74, 6) is -7.79. The highest BCUT2D eigenvalue weighted by Gasteiger charge is 2.41. The number of carbonyl (C=O) groups excluding carboxylic acids is 3. The number of nitrogens with one attached hydrogen (secondary N) is 1. The Morgan fingerprint density at radius 3 is 2.41 bits per heavy atom. The predicted octanol–water partition coefficient (Wildman–Crippen LogP) is 1.45. The van der Waals surface area contributed by atoms with Gasteiger partial charge in [-0.15, -0.1) is 0 Å². The number of rotatable bonds is 6. The van der Waals surface area contributed by atoms with Crippen molar-refractivity contribution < 1.29 is 32.6 Å². The predicted molar refractivity (Wildman–Crippen MR) is 129 cm³/mol. The summed E-state index contributed by atoms with van der Waals surface area (Å²) in [7, 11) is 1.94. The van der Waals surface area contributed by atoms with E-state index in [0.29, 0.717) is 25.9 Å². The van der Waals surface area contributed by atoms with E-state index in [9.17, 15) is 19.2 Å². The monoisotopic (exact) mass is 516 g/mol. The van der Waals surface area contributed by atoms with Gasteiger partial charge in [-0.25, -0.2) is 8.78 Å². The molecule has 0 bridgehead atoms. The first-order valence-corrected chi connectivity index (χ1v) is 11.9. The van der Waals surface area contributed by atoms with Crippen LogP contribution in [0.2, 0.25) is 0 Å². The fourth-order valence-electron chi connectivity index (χ4n) is 5.17. The van der Waals surface area contributed by atoms with Crippen molar-refractivity contribution in [2.75, 3.05) is 44.5 Å². The highest BCUT2D eigenvalue weighted by atomic mass is 19.1. The van der Waals surface area contributed by atoms with E-state index < -0.39 is 57.3 Å². The molecule has 37 heavy (non-hydrogen) atoms. The van der Waals surface area contributed by atoms with Crippen molar-refractivity contribution in [1.82, 2.24) is 9.88 Å². The minimum absolute atomic E-state index is 0.0383. The maximum Gasteiger partial charge on any atom is 0.328 e. The Hall–Kier alpha value is -3.80. The average molecular weight is 517 g/mol. The van der Waals surface area contributed by atoms with E-state index in [1.165, 1.54) is 4.57 Å². The number of anilines is 2. The molecule has 196 valence electrons. The molecule has 5 rings (SSSR count). The lowest BCUT2D eigenvalue weighted by molar-refractivity contribution is -0.155. The van der Waals surface area contributed by atoms with Crippen molar-refractivity contribution in [1.29, 1.82) is 0 Å². The molecule has 3 heterocycles. The zero-order valence-electron chi connectivity index (χ0n) is 20.3. The standard InChI is InChI=1S/C25H26F2N4O6/c1-36-24(34)16(25(35)37-2)23(33)13-9-31(12-5-6-12)20-15(22(13)32)19(28)17(26)21(18(20)27)30-8-11-4-3-7-29-14(11)10-30/h4,9,12,14,16,29H,3,5-8,10,28H2,1-2H3. The van der Waals surface area contributed by atoms with Crippen LogP contribution in [0.15, 0.2) is 22.6 Å². The molecule has 1 atom stereocenters. The van der Waals surface area contributed by atoms with E-state index in [2.05, 4.69) is 20.9 Å². The molecule has 1 aromatic carbocycles. The quantitative estimate of drug-likeness (QED) is 0.192. The van der Waals surface area contributed by atoms with Crippen molar-refractivity contribution in [2.24, 2.45) is 5.92 Å². The van der Waals surface area contributed by atoms with Gasteiger partial charge >= 0.3 is 11.9 Å². The normalized spacial score (nSPS) is 19.1. The third-order valence-corrected chi connectivity index (χ3v) is 7.19. The summed E-state index contributed by atoms with van der Waals surface area (Å²) in [6.45, 7) is 1.40. The average Bonchev–Trinajstić information content (AvgIpc) is 3.65. The molecule has 1 unspecified atom stereocenters. The summed E-state index contributed by atoms with van der Waals surface area (Å²) in [6.07, 6.45) is 5.23. The number of Topliss-reactive ketones (excluding diaryl/α,β-unsaturated/α-hetero) is 1. The number of carbonyl (C=O) groups is 3. The van der Waals surface area contributed by atoms with Gasteiger partial charge < -0.3 is 30.0 Å². The van der Waals surface area contributed by atoms with E-state index in [1.54, 1.807) is 4.90 Å². The number of esters is 2. The SMILES string of the molecule is COC(=O)C(C(=O)OC)C(=O)c1cn(C2CC2)c2c(F)c(N3CC4=CCCNC4C3)c(F)c(N)c2c1=O. The minimum Gasteiger partial charge on any atom is -0.468 e. The van der Waals surface area contributed by atoms with Crippen LogP contribution in [0.4, 0.5) is 20.2 Å². The molecule has 0 spiro atoms. The van der Waals surface area contributed by atoms with Gasteiger partial charge in [0.25, 0.3) is 0 Å². The number of ketones is 1. The van der Waals surface area contributed by atoms with Crippen molar-refractivity contribution in [3.8, 4) is 0 Å². The topological polar surface area (TPSA) is 133 Å². The van der Waals surface area contributed by atoms with E-state index in [4.69, 9.17) is 5.73 Å². The lowest BCUT2D eigenvalue weighted by atomic mass is 9.96. The third-order valence-electron chi connectivity index (χ3n) is 7.19. The van der Waals surface area contributed by atoms with E-state index in [1.807, 2.05) is 0 Å². The molecule has 1 aliphatic carbocycles. The highest BCUT2D eigenvalue weighted by Crippen LogP contribution is 2.42. The van der Waals surface area contributed by atoms with Crippen LogP contribution >= 0.6 is 0 Å². The van der Waals surface area contributed by atoms with Gasteiger partial charge in [0.1, 0.15) is 5.69 Å². The number of hydrogen-bond donors (Lipinski definition) is 2. The van der Waals surface area contributed by atoms with Crippen LogP contribution in [0, 0.1) is 17.6 Å². The Labute approximate surface area is 210 Å². The van der Waals surface area contributed by atoms with Crippen molar-refractivity contribution in [2.45, 2.75) is 31.3 Å². The van der Waals surface area contributed by atoms with Crippen LogP contribution in [-0.4, -0.2) is 62.2 Å². The number of methoxy groups -OCH3 is 2. The Bertz CT molecular complexity index is 1410. The molecule has 1 saturated heterocycles. The van der Waals surface area contributed by atoms with Gasteiger partial charge in [-0.05, 0) is 31.4 Å². The second-order valence-electron chi connectivity index (χ2n) is 9.42. The fourth-order valence-corrected chi connectivity index (χ4v) is 5.17. The number of fused-ring (bicyclic) bond motifs is 2. The smallest absolute Gasteiger partial charge is 0.328 e. The minimum atomic E-state index is -2.07. The molecule has 0 radical (unpaired) electrons. The van der Waals surface area contributed by atoms with Gasteiger partial charge in [-0.1, -0.05) is 6.08 Å². The van der Waals surface area contributed by atoms with Crippen LogP contribution in [0.1, 0.15) is 35.7 Å². The van der Waals surface area contributed by atoms with E-state index in [0.717, 1.165) is 39.0 Å².